The molecule has 0 amide bonds. The van der Waals surface area contributed by atoms with Crippen molar-refractivity contribution in [2.45, 2.75) is 38.5 Å². The standard InChI is InChI=1S/C10H18S/c11-7-10-3-1-2-9(10)6-8-4-5-8/h8-11H,1-7H2. The van der Waals surface area contributed by atoms with E-state index in [-0.39, 0.29) is 0 Å². The molecule has 0 heterocycles. The summed E-state index contributed by atoms with van der Waals surface area (Å²) in [4.78, 5) is 0. The van der Waals surface area contributed by atoms with Gasteiger partial charge in [-0.3, -0.25) is 0 Å². The maximum Gasteiger partial charge on any atom is -0.00669 e. The second-order valence-electron chi connectivity index (χ2n) is 4.31. The van der Waals surface area contributed by atoms with Crippen LogP contribution in [0.25, 0.3) is 0 Å². The molecule has 11 heavy (non-hydrogen) atoms. The molecule has 2 rings (SSSR count). The largest absolute Gasteiger partial charge is 0.179 e. The first-order valence-electron chi connectivity index (χ1n) is 5.01. The molecular formula is C10H18S. The molecule has 2 unspecified atom stereocenters. The molecular weight excluding hydrogens is 152 g/mol. The lowest BCUT2D eigenvalue weighted by Crippen LogP contribution is -2.09. The highest BCUT2D eigenvalue weighted by Crippen LogP contribution is 2.43. The molecule has 0 spiro atoms. The van der Waals surface area contributed by atoms with Crippen molar-refractivity contribution in [1.29, 1.82) is 0 Å². The third-order valence-corrected chi connectivity index (χ3v) is 3.85. The van der Waals surface area contributed by atoms with Crippen molar-refractivity contribution < 1.29 is 0 Å². The van der Waals surface area contributed by atoms with Crippen LogP contribution in [0.3, 0.4) is 0 Å². The number of hydrogen-bond donors (Lipinski definition) is 1. The van der Waals surface area contributed by atoms with Crippen LogP contribution in [0, 0.1) is 17.8 Å². The molecule has 0 aromatic carbocycles. The minimum absolute atomic E-state index is 0.971. The zero-order valence-electron chi connectivity index (χ0n) is 7.13. The summed E-state index contributed by atoms with van der Waals surface area (Å²) in [6, 6.07) is 0. The third-order valence-electron chi connectivity index (χ3n) is 3.38. The Morgan fingerprint density at radius 3 is 2.36 bits per heavy atom. The van der Waals surface area contributed by atoms with Crippen molar-refractivity contribution in [3.8, 4) is 0 Å². The van der Waals surface area contributed by atoms with Crippen molar-refractivity contribution >= 4 is 12.6 Å². The maximum absolute atomic E-state index is 4.42. The average molecular weight is 170 g/mol. The average Bonchev–Trinajstić information content (AvgIpc) is 2.68. The normalized spacial score (nSPS) is 37.9. The summed E-state index contributed by atoms with van der Waals surface area (Å²) in [7, 11) is 0. The van der Waals surface area contributed by atoms with E-state index in [1.807, 2.05) is 0 Å². The van der Waals surface area contributed by atoms with Gasteiger partial charge in [0.25, 0.3) is 0 Å². The maximum atomic E-state index is 4.42. The van der Waals surface area contributed by atoms with Crippen molar-refractivity contribution in [3.05, 3.63) is 0 Å². The van der Waals surface area contributed by atoms with Gasteiger partial charge in [-0.05, 0) is 36.3 Å². The summed E-state index contributed by atoms with van der Waals surface area (Å²) in [5, 5.41) is 0. The Morgan fingerprint density at radius 1 is 1.00 bits per heavy atom. The zero-order valence-corrected chi connectivity index (χ0v) is 8.02. The van der Waals surface area contributed by atoms with Crippen LogP contribution < -0.4 is 0 Å². The van der Waals surface area contributed by atoms with E-state index in [0.717, 1.165) is 23.5 Å². The molecule has 2 atom stereocenters. The van der Waals surface area contributed by atoms with Crippen LogP contribution in [0.15, 0.2) is 0 Å². The Morgan fingerprint density at radius 2 is 1.73 bits per heavy atom. The molecule has 2 aliphatic rings. The van der Waals surface area contributed by atoms with Gasteiger partial charge in [0.2, 0.25) is 0 Å². The van der Waals surface area contributed by atoms with Gasteiger partial charge < -0.3 is 0 Å². The highest BCUT2D eigenvalue weighted by Gasteiger charge is 2.32. The molecule has 2 aliphatic carbocycles. The van der Waals surface area contributed by atoms with Gasteiger partial charge in [0.15, 0.2) is 0 Å². The van der Waals surface area contributed by atoms with E-state index >= 15 is 0 Å². The Balaban J connectivity index is 1.79. The summed E-state index contributed by atoms with van der Waals surface area (Å²) in [6.45, 7) is 0. The highest BCUT2D eigenvalue weighted by atomic mass is 32.1. The number of rotatable bonds is 3. The molecule has 1 heteroatoms. The van der Waals surface area contributed by atoms with Gasteiger partial charge in [0, 0.05) is 0 Å². The van der Waals surface area contributed by atoms with Crippen LogP contribution in [-0.2, 0) is 0 Å². The number of hydrogen-bond acceptors (Lipinski definition) is 1. The zero-order chi connectivity index (χ0) is 7.68. The molecule has 0 aliphatic heterocycles. The van der Waals surface area contributed by atoms with Crippen LogP contribution in [0.1, 0.15) is 38.5 Å². The third kappa shape index (κ3) is 1.93. The van der Waals surface area contributed by atoms with E-state index < -0.39 is 0 Å². The Labute approximate surface area is 75.2 Å². The summed E-state index contributed by atoms with van der Waals surface area (Å²) in [5.41, 5.74) is 0. The van der Waals surface area contributed by atoms with Crippen molar-refractivity contribution in [2.75, 3.05) is 5.75 Å². The molecule has 2 saturated carbocycles. The second-order valence-corrected chi connectivity index (χ2v) is 4.68. The molecule has 0 saturated heterocycles. The number of thiol groups is 1. The summed E-state index contributed by atoms with van der Waals surface area (Å²) >= 11 is 4.42. The minimum Gasteiger partial charge on any atom is -0.179 e. The van der Waals surface area contributed by atoms with Gasteiger partial charge >= 0.3 is 0 Å². The Hall–Kier alpha value is 0.350. The molecule has 0 nitrogen and oxygen atoms in total. The van der Waals surface area contributed by atoms with Crippen molar-refractivity contribution in [2.24, 2.45) is 17.8 Å². The van der Waals surface area contributed by atoms with E-state index in [9.17, 15) is 0 Å². The first kappa shape index (κ1) is 7.97. The molecule has 64 valence electrons. The van der Waals surface area contributed by atoms with E-state index in [2.05, 4.69) is 12.6 Å². The van der Waals surface area contributed by atoms with Gasteiger partial charge in [-0.15, -0.1) is 0 Å². The van der Waals surface area contributed by atoms with Crippen LogP contribution in [-0.4, -0.2) is 5.75 Å². The molecule has 0 bridgehead atoms. The molecule has 0 aromatic rings. The van der Waals surface area contributed by atoms with E-state index in [0.29, 0.717) is 0 Å². The predicted molar refractivity (Wildman–Crippen MR) is 52.0 cm³/mol. The quantitative estimate of drug-likeness (QED) is 0.618. The van der Waals surface area contributed by atoms with Gasteiger partial charge in [-0.2, -0.15) is 12.6 Å². The SMILES string of the molecule is SCC1CCCC1CC1CC1. The van der Waals surface area contributed by atoms with Crippen molar-refractivity contribution in [1.82, 2.24) is 0 Å². The van der Waals surface area contributed by atoms with Crippen LogP contribution in [0.2, 0.25) is 0 Å². The lowest BCUT2D eigenvalue weighted by molar-refractivity contribution is 0.378. The fraction of sp³-hybridized carbons (Fsp3) is 1.00. The molecule has 0 N–H and O–H groups in total. The van der Waals surface area contributed by atoms with Crippen LogP contribution in [0.5, 0.6) is 0 Å². The van der Waals surface area contributed by atoms with E-state index in [4.69, 9.17) is 0 Å². The summed E-state index contributed by atoms with van der Waals surface area (Å²) in [6.07, 6.45) is 9.02. The lowest BCUT2D eigenvalue weighted by Gasteiger charge is -2.16. The van der Waals surface area contributed by atoms with Crippen LogP contribution >= 0.6 is 12.6 Å². The first-order chi connectivity index (χ1) is 5.40. The Bertz CT molecular complexity index is 129. The summed E-state index contributed by atoms with van der Waals surface area (Å²) in [5.74, 6) is 4.29. The van der Waals surface area contributed by atoms with Crippen molar-refractivity contribution in [3.63, 3.8) is 0 Å². The van der Waals surface area contributed by atoms with Crippen LogP contribution in [0.4, 0.5) is 0 Å². The highest BCUT2D eigenvalue weighted by molar-refractivity contribution is 7.80. The fourth-order valence-corrected chi connectivity index (χ4v) is 2.93. The molecule has 0 aromatic heterocycles. The monoisotopic (exact) mass is 170 g/mol. The topological polar surface area (TPSA) is 0 Å². The van der Waals surface area contributed by atoms with Gasteiger partial charge in [0.05, 0.1) is 0 Å². The minimum atomic E-state index is 0.971. The van der Waals surface area contributed by atoms with Gasteiger partial charge in [-0.25, -0.2) is 0 Å². The fourth-order valence-electron chi connectivity index (χ4n) is 2.45. The van der Waals surface area contributed by atoms with E-state index in [1.165, 1.54) is 38.5 Å². The Kier molecular flexibility index (Phi) is 2.45. The van der Waals surface area contributed by atoms with Gasteiger partial charge in [-0.1, -0.05) is 25.7 Å². The predicted octanol–water partition coefficient (Wildman–Crippen LogP) is 3.13. The first-order valence-corrected chi connectivity index (χ1v) is 5.64. The van der Waals surface area contributed by atoms with Gasteiger partial charge in [0.1, 0.15) is 0 Å². The molecule has 2 fully saturated rings. The smallest absolute Gasteiger partial charge is 0.00669 e. The van der Waals surface area contributed by atoms with E-state index in [1.54, 1.807) is 0 Å². The second kappa shape index (κ2) is 3.38. The molecule has 0 radical (unpaired) electrons. The summed E-state index contributed by atoms with van der Waals surface area (Å²) < 4.78 is 0. The lowest BCUT2D eigenvalue weighted by atomic mass is 9.92.